The zero-order valence-electron chi connectivity index (χ0n) is 18.9. The molecule has 35 heavy (non-hydrogen) atoms. The summed E-state index contributed by atoms with van der Waals surface area (Å²) in [5.74, 6) is -2.51. The lowest BCUT2D eigenvalue weighted by molar-refractivity contribution is -0.384. The fourth-order valence-corrected chi connectivity index (χ4v) is 4.25. The first-order valence-corrected chi connectivity index (χ1v) is 11.2. The van der Waals surface area contributed by atoms with Gasteiger partial charge in [-0.1, -0.05) is 6.07 Å². The standard InChI is InChI=1S/C22H24N6O7/c1-2-35-21(32)12-6-8-27(9-7-12)22-25-18-17(20(31)26-22)15(11-16(29)24-18)19(30)23-13-4-3-5-14(10-13)28(33)34/h3-5,10,12,15H,2,6-9,11H2,1H3,(H,23,30)(H2,24,25,26,29,31). The highest BCUT2D eigenvalue weighted by Crippen LogP contribution is 2.31. The van der Waals surface area contributed by atoms with Crippen molar-refractivity contribution in [2.75, 3.05) is 35.2 Å². The van der Waals surface area contributed by atoms with Gasteiger partial charge in [0.25, 0.3) is 11.2 Å². The van der Waals surface area contributed by atoms with E-state index in [0.717, 1.165) is 0 Å². The molecule has 1 aromatic heterocycles. The summed E-state index contributed by atoms with van der Waals surface area (Å²) in [6, 6.07) is 5.36. The Labute approximate surface area is 199 Å². The van der Waals surface area contributed by atoms with Crippen LogP contribution in [0, 0.1) is 16.0 Å². The lowest BCUT2D eigenvalue weighted by atomic mass is 9.92. The molecule has 1 atom stereocenters. The van der Waals surface area contributed by atoms with Crippen LogP contribution >= 0.6 is 0 Å². The number of piperidine rings is 1. The molecule has 2 amide bonds. The first kappa shape index (κ1) is 23.9. The van der Waals surface area contributed by atoms with Crippen LogP contribution in [0.15, 0.2) is 29.1 Å². The van der Waals surface area contributed by atoms with Gasteiger partial charge >= 0.3 is 5.97 Å². The van der Waals surface area contributed by atoms with Gasteiger partial charge in [-0.25, -0.2) is 0 Å². The van der Waals surface area contributed by atoms with Gasteiger partial charge in [-0.2, -0.15) is 4.98 Å². The van der Waals surface area contributed by atoms with Crippen molar-refractivity contribution in [1.29, 1.82) is 0 Å². The number of nitrogens with zero attached hydrogens (tertiary/aromatic N) is 3. The van der Waals surface area contributed by atoms with E-state index in [9.17, 15) is 29.3 Å². The zero-order chi connectivity index (χ0) is 25.1. The Morgan fingerprint density at radius 3 is 2.71 bits per heavy atom. The van der Waals surface area contributed by atoms with E-state index >= 15 is 0 Å². The number of aromatic amines is 1. The summed E-state index contributed by atoms with van der Waals surface area (Å²) in [4.78, 5) is 69.5. The Morgan fingerprint density at radius 1 is 1.29 bits per heavy atom. The zero-order valence-corrected chi connectivity index (χ0v) is 18.9. The number of hydrogen-bond donors (Lipinski definition) is 3. The van der Waals surface area contributed by atoms with E-state index < -0.39 is 28.2 Å². The number of carbonyl (C=O) groups excluding carboxylic acids is 3. The molecule has 1 fully saturated rings. The van der Waals surface area contributed by atoms with E-state index in [-0.39, 0.29) is 47.0 Å². The molecule has 0 radical (unpaired) electrons. The molecule has 0 spiro atoms. The summed E-state index contributed by atoms with van der Waals surface area (Å²) >= 11 is 0. The van der Waals surface area contributed by atoms with Gasteiger partial charge in [-0.15, -0.1) is 0 Å². The molecule has 2 aliphatic heterocycles. The second-order valence-corrected chi connectivity index (χ2v) is 8.27. The average molecular weight is 484 g/mol. The number of nitro benzene ring substituents is 1. The van der Waals surface area contributed by atoms with E-state index in [1.807, 2.05) is 0 Å². The highest BCUT2D eigenvalue weighted by atomic mass is 16.6. The third-order valence-corrected chi connectivity index (χ3v) is 5.99. The molecule has 1 unspecified atom stereocenters. The number of fused-ring (bicyclic) bond motifs is 1. The second-order valence-electron chi connectivity index (χ2n) is 8.27. The van der Waals surface area contributed by atoms with Crippen LogP contribution in [0.2, 0.25) is 0 Å². The smallest absolute Gasteiger partial charge is 0.309 e. The molecule has 3 heterocycles. The van der Waals surface area contributed by atoms with Crippen molar-refractivity contribution in [3.63, 3.8) is 0 Å². The lowest BCUT2D eigenvalue weighted by Gasteiger charge is -2.32. The van der Waals surface area contributed by atoms with Crippen molar-refractivity contribution in [2.24, 2.45) is 5.92 Å². The summed E-state index contributed by atoms with van der Waals surface area (Å²) in [6.45, 7) is 2.97. The van der Waals surface area contributed by atoms with E-state index in [2.05, 4.69) is 20.6 Å². The van der Waals surface area contributed by atoms with Gasteiger partial charge in [-0.3, -0.25) is 34.3 Å². The topological polar surface area (TPSA) is 177 Å². The maximum absolute atomic E-state index is 13.0. The van der Waals surface area contributed by atoms with Gasteiger partial charge in [0.2, 0.25) is 17.8 Å². The van der Waals surface area contributed by atoms with Crippen LogP contribution in [0.3, 0.4) is 0 Å². The number of non-ortho nitro benzene ring substituents is 1. The quantitative estimate of drug-likeness (QED) is 0.312. The van der Waals surface area contributed by atoms with E-state index in [4.69, 9.17) is 4.74 Å². The normalized spacial score (nSPS) is 17.8. The minimum absolute atomic E-state index is 0.00768. The third-order valence-electron chi connectivity index (χ3n) is 5.99. The summed E-state index contributed by atoms with van der Waals surface area (Å²) in [6.07, 6.45) is 0.781. The number of esters is 1. The number of anilines is 3. The fourth-order valence-electron chi connectivity index (χ4n) is 4.25. The van der Waals surface area contributed by atoms with E-state index in [0.29, 0.717) is 32.5 Å². The van der Waals surface area contributed by atoms with Crippen LogP contribution < -0.4 is 21.1 Å². The maximum Gasteiger partial charge on any atom is 0.309 e. The number of rotatable bonds is 6. The van der Waals surface area contributed by atoms with Gasteiger partial charge in [0.15, 0.2) is 0 Å². The van der Waals surface area contributed by atoms with Gasteiger partial charge in [-0.05, 0) is 25.8 Å². The van der Waals surface area contributed by atoms with E-state index in [1.165, 1.54) is 24.3 Å². The molecule has 4 rings (SSSR count). The number of H-pyrrole nitrogens is 1. The molecule has 0 aliphatic carbocycles. The first-order valence-electron chi connectivity index (χ1n) is 11.2. The van der Waals surface area contributed by atoms with E-state index in [1.54, 1.807) is 11.8 Å². The average Bonchev–Trinajstić information content (AvgIpc) is 2.83. The van der Waals surface area contributed by atoms with Crippen molar-refractivity contribution in [1.82, 2.24) is 9.97 Å². The largest absolute Gasteiger partial charge is 0.466 e. The van der Waals surface area contributed by atoms with Crippen LogP contribution in [0.1, 0.15) is 37.7 Å². The molecule has 1 aromatic carbocycles. The number of nitrogens with one attached hydrogen (secondary N) is 3. The number of ether oxygens (including phenoxy) is 1. The Balaban J connectivity index is 1.54. The first-order chi connectivity index (χ1) is 16.8. The number of benzene rings is 1. The fraction of sp³-hybridized carbons (Fsp3) is 0.409. The van der Waals surface area contributed by atoms with Gasteiger partial charge < -0.3 is 20.3 Å². The predicted octanol–water partition coefficient (Wildman–Crippen LogP) is 1.52. The summed E-state index contributed by atoms with van der Waals surface area (Å²) in [7, 11) is 0. The van der Waals surface area contributed by atoms with Gasteiger partial charge in [0.1, 0.15) is 5.82 Å². The van der Waals surface area contributed by atoms with Crippen LogP contribution in [0.5, 0.6) is 0 Å². The van der Waals surface area contributed by atoms with Crippen molar-refractivity contribution < 1.29 is 24.0 Å². The number of nitro groups is 1. The SMILES string of the molecule is CCOC(=O)C1CCN(c2nc3c(c(=O)[nH]2)C(C(=O)Nc2cccc([N+](=O)[O-])c2)CC(=O)N3)CC1. The molecule has 0 bridgehead atoms. The second kappa shape index (κ2) is 9.91. The Bertz CT molecular complexity index is 1240. The molecule has 184 valence electrons. The summed E-state index contributed by atoms with van der Waals surface area (Å²) in [5, 5.41) is 16.1. The minimum atomic E-state index is -1.13. The van der Waals surface area contributed by atoms with Crippen molar-refractivity contribution in [2.45, 2.75) is 32.1 Å². The number of amides is 2. The molecular weight excluding hydrogens is 460 g/mol. The predicted molar refractivity (Wildman–Crippen MR) is 124 cm³/mol. The third kappa shape index (κ3) is 5.13. The van der Waals surface area contributed by atoms with Crippen molar-refractivity contribution in [3.8, 4) is 0 Å². The van der Waals surface area contributed by atoms with Gasteiger partial charge in [0.05, 0.1) is 28.9 Å². The summed E-state index contributed by atoms with van der Waals surface area (Å²) < 4.78 is 5.07. The lowest BCUT2D eigenvalue weighted by Crippen LogP contribution is -2.41. The molecule has 13 nitrogen and oxygen atoms in total. The number of hydrogen-bond acceptors (Lipinski definition) is 9. The molecular formula is C22H24N6O7. The Hall–Kier alpha value is -4.29. The van der Waals surface area contributed by atoms with Crippen LogP contribution in [-0.4, -0.2) is 52.4 Å². The van der Waals surface area contributed by atoms with Crippen molar-refractivity contribution >= 4 is 40.9 Å². The maximum atomic E-state index is 13.0. The molecule has 3 N–H and O–H groups in total. The highest BCUT2D eigenvalue weighted by molar-refractivity contribution is 6.04. The molecule has 13 heteroatoms. The van der Waals surface area contributed by atoms with Crippen LogP contribution in [0.4, 0.5) is 23.1 Å². The monoisotopic (exact) mass is 484 g/mol. The minimum Gasteiger partial charge on any atom is -0.466 e. The molecule has 1 saturated heterocycles. The highest BCUT2D eigenvalue weighted by Gasteiger charge is 2.36. The molecule has 2 aliphatic rings. The van der Waals surface area contributed by atoms with Crippen LogP contribution in [-0.2, 0) is 19.1 Å². The number of aromatic nitrogens is 2. The Morgan fingerprint density at radius 2 is 2.03 bits per heavy atom. The van der Waals surface area contributed by atoms with Crippen molar-refractivity contribution in [3.05, 3.63) is 50.3 Å². The molecule has 2 aromatic rings. The Kier molecular flexibility index (Phi) is 6.75. The summed E-state index contributed by atoms with van der Waals surface area (Å²) in [5.41, 5.74) is -0.600. The molecule has 0 saturated carbocycles. The number of carbonyl (C=O) groups is 3. The van der Waals surface area contributed by atoms with Crippen LogP contribution in [0.25, 0.3) is 0 Å². The van der Waals surface area contributed by atoms with Gasteiger partial charge in [0, 0.05) is 37.3 Å².